The molecule has 1 aromatic carbocycles. The molecule has 2 unspecified atom stereocenters. The Morgan fingerprint density at radius 2 is 1.94 bits per heavy atom. The van der Waals surface area contributed by atoms with E-state index in [1.54, 1.807) is 6.07 Å². The lowest BCUT2D eigenvalue weighted by Crippen LogP contribution is -2.51. The van der Waals surface area contributed by atoms with Gasteiger partial charge in [0.1, 0.15) is 5.01 Å². The van der Waals surface area contributed by atoms with Gasteiger partial charge in [-0.1, -0.05) is 0 Å². The van der Waals surface area contributed by atoms with Crippen LogP contribution < -0.4 is 15.0 Å². The molecule has 0 aliphatic carbocycles. The summed E-state index contributed by atoms with van der Waals surface area (Å²) >= 11 is 1.44. The van der Waals surface area contributed by atoms with Crippen LogP contribution in [0.2, 0.25) is 0 Å². The zero-order valence-electron chi connectivity index (χ0n) is 17.5. The van der Waals surface area contributed by atoms with Crippen molar-refractivity contribution in [1.29, 1.82) is 0 Å². The number of anilines is 1. The van der Waals surface area contributed by atoms with Crippen LogP contribution in [-0.4, -0.2) is 52.0 Å². The molecular formula is C21H24F2N4O3S. The number of aliphatic hydroxyl groups is 1. The van der Waals surface area contributed by atoms with E-state index in [-0.39, 0.29) is 11.3 Å². The molecule has 2 bridgehead atoms. The number of alkyl halides is 2. The predicted molar refractivity (Wildman–Crippen MR) is 114 cm³/mol. The number of benzene rings is 1. The Bertz CT molecular complexity index is 1110. The van der Waals surface area contributed by atoms with Gasteiger partial charge in [-0.05, 0) is 45.7 Å². The van der Waals surface area contributed by atoms with Crippen molar-refractivity contribution in [2.24, 2.45) is 0 Å². The Hall–Kier alpha value is -2.30. The maximum absolute atomic E-state index is 14.5. The van der Waals surface area contributed by atoms with E-state index in [4.69, 9.17) is 9.15 Å². The van der Waals surface area contributed by atoms with Crippen molar-refractivity contribution in [3.05, 3.63) is 23.2 Å². The third-order valence-corrected chi connectivity index (χ3v) is 6.78. The summed E-state index contributed by atoms with van der Waals surface area (Å²) in [6, 6.07) is 4.19. The molecule has 2 fully saturated rings. The van der Waals surface area contributed by atoms with Crippen LogP contribution in [0.5, 0.6) is 5.75 Å². The third-order valence-electron chi connectivity index (χ3n) is 5.78. The number of nitrogens with zero attached hydrogens (tertiary/aromatic N) is 3. The van der Waals surface area contributed by atoms with E-state index >= 15 is 0 Å². The number of aryl methyl sites for hydroxylation is 1. The summed E-state index contributed by atoms with van der Waals surface area (Å²) in [7, 11) is 0. The zero-order chi connectivity index (χ0) is 22.0. The minimum absolute atomic E-state index is 0.146. The molecule has 2 N–H and O–H groups in total. The van der Waals surface area contributed by atoms with Crippen LogP contribution in [-0.2, 0) is 0 Å². The maximum atomic E-state index is 14.5. The highest BCUT2D eigenvalue weighted by molar-refractivity contribution is 7.13. The smallest absolute Gasteiger partial charge is 0.426 e. The Morgan fingerprint density at radius 3 is 2.55 bits per heavy atom. The van der Waals surface area contributed by atoms with Gasteiger partial charge in [0.25, 0.3) is 6.01 Å². The highest BCUT2D eigenvalue weighted by Gasteiger charge is 2.49. The van der Waals surface area contributed by atoms with Crippen molar-refractivity contribution in [3.8, 4) is 16.3 Å². The first-order valence-electron chi connectivity index (χ1n) is 10.3. The summed E-state index contributed by atoms with van der Waals surface area (Å²) < 4.78 is 40.1. The molecule has 2 aromatic heterocycles. The number of thiazole rings is 1. The third kappa shape index (κ3) is 3.66. The summed E-state index contributed by atoms with van der Waals surface area (Å²) in [4.78, 5) is 11.1. The minimum atomic E-state index is -3.81. The normalized spacial score (nSPS) is 21.8. The quantitative estimate of drug-likeness (QED) is 0.609. The summed E-state index contributed by atoms with van der Waals surface area (Å²) in [6.07, 6.45) is -1.62. The van der Waals surface area contributed by atoms with Crippen LogP contribution in [0.15, 0.2) is 21.9 Å². The molecule has 0 radical (unpaired) electrons. The van der Waals surface area contributed by atoms with Gasteiger partial charge >= 0.3 is 6.11 Å². The van der Waals surface area contributed by atoms with Crippen molar-refractivity contribution < 1.29 is 23.0 Å². The second kappa shape index (κ2) is 7.11. The fourth-order valence-corrected chi connectivity index (χ4v) is 4.87. The number of rotatable bonds is 5. The number of hydrogen-bond acceptors (Lipinski definition) is 8. The van der Waals surface area contributed by atoms with Crippen LogP contribution >= 0.6 is 11.3 Å². The number of oxazole rings is 1. The lowest BCUT2D eigenvalue weighted by molar-refractivity contribution is -0.275. The summed E-state index contributed by atoms with van der Waals surface area (Å²) in [5.41, 5.74) is -0.298. The molecule has 7 nitrogen and oxygen atoms in total. The molecule has 166 valence electrons. The van der Waals surface area contributed by atoms with Gasteiger partial charge in [0, 0.05) is 36.2 Å². The number of halogens is 2. The van der Waals surface area contributed by atoms with Crippen LogP contribution in [0.4, 0.5) is 14.8 Å². The van der Waals surface area contributed by atoms with Crippen LogP contribution in [0.3, 0.4) is 0 Å². The Balaban J connectivity index is 1.60. The summed E-state index contributed by atoms with van der Waals surface area (Å²) in [6.45, 7) is 5.38. The molecule has 5 rings (SSSR count). The molecule has 4 heterocycles. The second-order valence-electron chi connectivity index (χ2n) is 8.80. The van der Waals surface area contributed by atoms with E-state index in [1.807, 2.05) is 17.2 Å². The number of aromatic nitrogens is 2. The first kappa shape index (κ1) is 20.6. The molecule has 2 atom stereocenters. The number of hydrogen-bond donors (Lipinski definition) is 2. The lowest BCUT2D eigenvalue weighted by Gasteiger charge is -2.31. The first-order valence-corrected chi connectivity index (χ1v) is 11.1. The number of fused-ring (bicyclic) bond motifs is 3. The van der Waals surface area contributed by atoms with Gasteiger partial charge in [-0.2, -0.15) is 13.8 Å². The zero-order valence-corrected chi connectivity index (χ0v) is 18.3. The van der Waals surface area contributed by atoms with Gasteiger partial charge in [0.15, 0.2) is 22.5 Å². The number of nitrogens with one attached hydrogen (secondary N) is 1. The summed E-state index contributed by atoms with van der Waals surface area (Å²) in [5.74, 6) is -0.146. The van der Waals surface area contributed by atoms with Crippen LogP contribution in [0, 0.1) is 6.92 Å². The molecule has 2 aliphatic heterocycles. The highest BCUT2D eigenvalue weighted by Crippen LogP contribution is 2.41. The van der Waals surface area contributed by atoms with Gasteiger partial charge in [-0.25, -0.2) is 4.98 Å². The molecule has 10 heteroatoms. The maximum Gasteiger partial charge on any atom is 0.426 e. The summed E-state index contributed by atoms with van der Waals surface area (Å²) in [5, 5.41) is 16.0. The number of piperazine rings is 1. The SMILES string of the molecule is Cc1csc(-c2ccc(OC(F)(F)C(C)(C)O)c3nc(N4CC5CCC(C4)N5)oc23)n1. The van der Waals surface area contributed by atoms with Gasteiger partial charge in [-0.3, -0.25) is 0 Å². The molecule has 3 aromatic rings. The first-order chi connectivity index (χ1) is 14.6. The Labute approximate surface area is 182 Å². The molecule has 2 aliphatic rings. The number of ether oxygens (including phenoxy) is 1. The molecule has 0 amide bonds. The fourth-order valence-electron chi connectivity index (χ4n) is 4.05. The van der Waals surface area contributed by atoms with E-state index in [0.29, 0.717) is 34.3 Å². The minimum Gasteiger partial charge on any atom is -0.428 e. The molecule has 0 spiro atoms. The second-order valence-corrected chi connectivity index (χ2v) is 9.66. The topological polar surface area (TPSA) is 83.7 Å². The van der Waals surface area contributed by atoms with E-state index < -0.39 is 11.7 Å². The highest BCUT2D eigenvalue weighted by atomic mass is 32.1. The van der Waals surface area contributed by atoms with Crippen molar-refractivity contribution in [2.75, 3.05) is 18.0 Å². The predicted octanol–water partition coefficient (Wildman–Crippen LogP) is 3.94. The van der Waals surface area contributed by atoms with E-state index in [9.17, 15) is 13.9 Å². The monoisotopic (exact) mass is 450 g/mol. The Kier molecular flexibility index (Phi) is 4.72. The van der Waals surface area contributed by atoms with Gasteiger partial charge in [0.05, 0.1) is 5.56 Å². The van der Waals surface area contributed by atoms with E-state index in [2.05, 4.69) is 15.3 Å². The van der Waals surface area contributed by atoms with E-state index in [0.717, 1.165) is 45.5 Å². The average molecular weight is 451 g/mol. The molecule has 2 saturated heterocycles. The average Bonchev–Trinajstić information content (AvgIpc) is 3.40. The van der Waals surface area contributed by atoms with Crippen molar-refractivity contribution >= 4 is 28.5 Å². The lowest BCUT2D eigenvalue weighted by atomic mass is 10.1. The van der Waals surface area contributed by atoms with Crippen molar-refractivity contribution in [1.82, 2.24) is 15.3 Å². The van der Waals surface area contributed by atoms with Gasteiger partial charge < -0.3 is 24.5 Å². The molecule has 31 heavy (non-hydrogen) atoms. The van der Waals surface area contributed by atoms with Gasteiger partial charge in [-0.15, -0.1) is 11.3 Å². The fraction of sp³-hybridized carbons (Fsp3) is 0.524. The van der Waals surface area contributed by atoms with Crippen molar-refractivity contribution in [2.45, 2.75) is 57.4 Å². The largest absolute Gasteiger partial charge is 0.428 e. The van der Waals surface area contributed by atoms with Gasteiger partial charge in [0.2, 0.25) is 0 Å². The van der Waals surface area contributed by atoms with Crippen LogP contribution in [0.1, 0.15) is 32.4 Å². The Morgan fingerprint density at radius 1 is 1.23 bits per heavy atom. The van der Waals surface area contributed by atoms with Crippen molar-refractivity contribution in [3.63, 3.8) is 0 Å². The molecule has 0 saturated carbocycles. The standard InChI is InChI=1S/C21H24F2N4O3S/c1-11-10-31-18(24-11)14-6-7-15(30-21(22,23)20(2,3)28)16-17(14)29-19(26-16)27-8-12-4-5-13(9-27)25-12/h6-7,10,12-13,25,28H,4-5,8-9H2,1-3H3. The van der Waals surface area contributed by atoms with E-state index in [1.165, 1.54) is 17.4 Å². The van der Waals surface area contributed by atoms with Crippen LogP contribution in [0.25, 0.3) is 21.7 Å². The molecular weight excluding hydrogens is 426 g/mol.